The molecule has 2 nitrogen and oxygen atoms in total. The van der Waals surface area contributed by atoms with Crippen LogP contribution in [0.25, 0.3) is 0 Å². The van der Waals surface area contributed by atoms with E-state index < -0.39 is 4.32 Å². The number of carbonyl (C=O) groups is 1. The van der Waals surface area contributed by atoms with Crippen LogP contribution >= 0.6 is 15.9 Å². The van der Waals surface area contributed by atoms with Gasteiger partial charge in [0.05, 0.1) is 4.32 Å². The smallest absolute Gasteiger partial charge is 0.236 e. The van der Waals surface area contributed by atoms with Crippen molar-refractivity contribution in [1.29, 1.82) is 0 Å². The van der Waals surface area contributed by atoms with Crippen molar-refractivity contribution in [2.24, 2.45) is 5.92 Å². The molecule has 0 saturated heterocycles. The number of hydrogen-bond donors (Lipinski definition) is 1. The van der Waals surface area contributed by atoms with Gasteiger partial charge in [0.1, 0.15) is 0 Å². The van der Waals surface area contributed by atoms with Crippen LogP contribution < -0.4 is 5.32 Å². The van der Waals surface area contributed by atoms with E-state index in [9.17, 15) is 4.79 Å². The summed E-state index contributed by atoms with van der Waals surface area (Å²) in [5, 5.41) is 3.07. The Kier molecular flexibility index (Phi) is 2.77. The number of hydrogen-bond acceptors (Lipinski definition) is 1. The van der Waals surface area contributed by atoms with Crippen molar-refractivity contribution >= 4 is 21.8 Å². The van der Waals surface area contributed by atoms with Gasteiger partial charge in [0.15, 0.2) is 0 Å². The summed E-state index contributed by atoms with van der Waals surface area (Å²) in [6.07, 6.45) is 2.49. The summed E-state index contributed by atoms with van der Waals surface area (Å²) >= 11 is 3.35. The van der Waals surface area contributed by atoms with E-state index >= 15 is 0 Å². The minimum atomic E-state index is -0.459. The van der Waals surface area contributed by atoms with Crippen molar-refractivity contribution in [1.82, 2.24) is 5.32 Å². The predicted octanol–water partition coefficient (Wildman–Crippen LogP) is 2.46. The average Bonchev–Trinajstić information content (AvgIpc) is 2.62. The molecule has 0 unspecified atom stereocenters. The molecule has 0 atom stereocenters. The lowest BCUT2D eigenvalue weighted by Crippen LogP contribution is -2.50. The molecule has 1 saturated carbocycles. The van der Waals surface area contributed by atoms with E-state index in [1.54, 1.807) is 0 Å². The fourth-order valence-electron chi connectivity index (χ4n) is 1.35. The maximum Gasteiger partial charge on any atom is 0.236 e. The topological polar surface area (TPSA) is 29.1 Å². The van der Waals surface area contributed by atoms with E-state index in [0.717, 1.165) is 0 Å². The third kappa shape index (κ3) is 2.97. The number of amides is 1. The molecular formula is C10H18BrNO. The highest BCUT2D eigenvalue weighted by molar-refractivity contribution is 9.10. The van der Waals surface area contributed by atoms with Gasteiger partial charge in [-0.3, -0.25) is 4.79 Å². The van der Waals surface area contributed by atoms with Crippen LogP contribution in [-0.2, 0) is 4.79 Å². The second-order valence-corrected chi connectivity index (χ2v) is 6.91. The third-order valence-corrected chi connectivity index (χ3v) is 2.93. The standard InChI is InChI=1S/C10H18BrNO/c1-9(2,11)8(13)12-10(3,4)7-5-6-7/h7H,5-6H2,1-4H3,(H,12,13). The molecule has 0 aliphatic heterocycles. The van der Waals surface area contributed by atoms with E-state index in [2.05, 4.69) is 35.1 Å². The highest BCUT2D eigenvalue weighted by Crippen LogP contribution is 2.39. The van der Waals surface area contributed by atoms with Gasteiger partial charge in [-0.05, 0) is 46.5 Å². The fourth-order valence-corrected chi connectivity index (χ4v) is 1.45. The third-order valence-electron chi connectivity index (χ3n) is 2.57. The van der Waals surface area contributed by atoms with Gasteiger partial charge in [0.25, 0.3) is 0 Å². The molecule has 1 rings (SSSR count). The van der Waals surface area contributed by atoms with Crippen molar-refractivity contribution in [3.8, 4) is 0 Å². The Morgan fingerprint density at radius 3 is 2.08 bits per heavy atom. The van der Waals surface area contributed by atoms with Crippen molar-refractivity contribution in [2.45, 2.75) is 50.4 Å². The SMILES string of the molecule is CC(C)(Br)C(=O)NC(C)(C)C1CC1. The first-order valence-corrected chi connectivity index (χ1v) is 5.54. The summed E-state index contributed by atoms with van der Waals surface area (Å²) in [4.78, 5) is 11.7. The molecule has 1 amide bonds. The lowest BCUT2D eigenvalue weighted by atomic mass is 9.97. The van der Waals surface area contributed by atoms with Crippen LogP contribution in [-0.4, -0.2) is 15.8 Å². The number of nitrogens with one attached hydrogen (secondary N) is 1. The van der Waals surface area contributed by atoms with Gasteiger partial charge in [0.2, 0.25) is 5.91 Å². The summed E-state index contributed by atoms with van der Waals surface area (Å²) < 4.78 is -0.459. The highest BCUT2D eigenvalue weighted by atomic mass is 79.9. The normalized spacial score (nSPS) is 18.5. The van der Waals surface area contributed by atoms with E-state index in [-0.39, 0.29) is 11.4 Å². The number of rotatable bonds is 3. The van der Waals surface area contributed by atoms with Gasteiger partial charge in [0, 0.05) is 5.54 Å². The van der Waals surface area contributed by atoms with Crippen LogP contribution in [0.2, 0.25) is 0 Å². The second-order valence-electron chi connectivity index (χ2n) is 4.92. The van der Waals surface area contributed by atoms with Gasteiger partial charge < -0.3 is 5.32 Å². The van der Waals surface area contributed by atoms with E-state index in [4.69, 9.17) is 0 Å². The van der Waals surface area contributed by atoms with Crippen LogP contribution in [0.15, 0.2) is 0 Å². The number of halogens is 1. The largest absolute Gasteiger partial charge is 0.350 e. The molecule has 1 fully saturated rings. The molecule has 0 bridgehead atoms. The fraction of sp³-hybridized carbons (Fsp3) is 0.900. The summed E-state index contributed by atoms with van der Waals surface area (Å²) in [5.74, 6) is 0.746. The molecule has 3 heteroatoms. The van der Waals surface area contributed by atoms with Gasteiger partial charge in [-0.1, -0.05) is 15.9 Å². The highest BCUT2D eigenvalue weighted by Gasteiger charge is 2.40. The molecule has 1 aliphatic carbocycles. The predicted molar refractivity (Wildman–Crippen MR) is 58.0 cm³/mol. The molecule has 76 valence electrons. The van der Waals surface area contributed by atoms with Crippen LogP contribution in [0, 0.1) is 5.92 Å². The van der Waals surface area contributed by atoms with Crippen LogP contribution in [0.1, 0.15) is 40.5 Å². The quantitative estimate of drug-likeness (QED) is 0.764. The Morgan fingerprint density at radius 1 is 1.31 bits per heavy atom. The molecule has 1 aliphatic rings. The van der Waals surface area contributed by atoms with E-state index in [0.29, 0.717) is 5.92 Å². The average molecular weight is 248 g/mol. The first-order chi connectivity index (χ1) is 5.73. The summed E-state index contributed by atoms with van der Waals surface area (Å²) in [6, 6.07) is 0. The molecular weight excluding hydrogens is 230 g/mol. The Hall–Kier alpha value is -0.0500. The van der Waals surface area contributed by atoms with Crippen molar-refractivity contribution in [3.05, 3.63) is 0 Å². The second kappa shape index (κ2) is 3.26. The molecule has 1 N–H and O–H groups in total. The number of alkyl halides is 1. The lowest BCUT2D eigenvalue weighted by Gasteiger charge is -2.29. The van der Waals surface area contributed by atoms with Crippen LogP contribution in [0.3, 0.4) is 0 Å². The first kappa shape index (κ1) is 11.0. The van der Waals surface area contributed by atoms with Crippen molar-refractivity contribution < 1.29 is 4.79 Å². The summed E-state index contributed by atoms with van der Waals surface area (Å²) in [7, 11) is 0. The van der Waals surface area contributed by atoms with Crippen LogP contribution in [0.4, 0.5) is 0 Å². The molecule has 0 aromatic heterocycles. The maximum absolute atomic E-state index is 11.7. The molecule has 0 aromatic rings. The Bertz CT molecular complexity index is 213. The lowest BCUT2D eigenvalue weighted by molar-refractivity contribution is -0.124. The van der Waals surface area contributed by atoms with E-state index in [1.807, 2.05) is 13.8 Å². The zero-order valence-corrected chi connectivity index (χ0v) is 10.4. The maximum atomic E-state index is 11.7. The molecule has 0 spiro atoms. The zero-order chi connectivity index (χ0) is 10.3. The molecule has 0 aromatic carbocycles. The minimum Gasteiger partial charge on any atom is -0.350 e. The number of carbonyl (C=O) groups excluding carboxylic acids is 1. The molecule has 0 heterocycles. The van der Waals surface area contributed by atoms with Crippen LogP contribution in [0.5, 0.6) is 0 Å². The van der Waals surface area contributed by atoms with E-state index in [1.165, 1.54) is 12.8 Å². The van der Waals surface area contributed by atoms with Gasteiger partial charge in [-0.15, -0.1) is 0 Å². The summed E-state index contributed by atoms with van der Waals surface area (Å²) in [6.45, 7) is 7.93. The van der Waals surface area contributed by atoms with Crippen molar-refractivity contribution in [3.63, 3.8) is 0 Å². The monoisotopic (exact) mass is 247 g/mol. The van der Waals surface area contributed by atoms with Gasteiger partial charge in [-0.25, -0.2) is 0 Å². The van der Waals surface area contributed by atoms with Gasteiger partial charge in [-0.2, -0.15) is 0 Å². The van der Waals surface area contributed by atoms with Crippen molar-refractivity contribution in [2.75, 3.05) is 0 Å². The van der Waals surface area contributed by atoms with Gasteiger partial charge >= 0.3 is 0 Å². The molecule has 0 radical (unpaired) electrons. The first-order valence-electron chi connectivity index (χ1n) is 4.75. The zero-order valence-electron chi connectivity index (χ0n) is 8.78. The summed E-state index contributed by atoms with van der Waals surface area (Å²) in [5.41, 5.74) is -0.0396. The minimum absolute atomic E-state index is 0.0396. The Morgan fingerprint density at radius 2 is 1.77 bits per heavy atom. The Labute approximate surface area is 88.6 Å². The molecule has 13 heavy (non-hydrogen) atoms. The Balaban J connectivity index is 2.52.